The van der Waals surface area contributed by atoms with Crippen molar-refractivity contribution in [1.29, 1.82) is 0 Å². The number of rotatable bonds is 4. The van der Waals surface area contributed by atoms with Gasteiger partial charge in [0.2, 0.25) is 0 Å². The lowest BCUT2D eigenvalue weighted by atomic mass is 9.93. The molecule has 1 unspecified atom stereocenters. The van der Waals surface area contributed by atoms with Crippen LogP contribution in [-0.4, -0.2) is 16.6 Å². The number of carbonyl (C=O) groups is 1. The molecule has 112 valence electrons. The van der Waals surface area contributed by atoms with Crippen molar-refractivity contribution in [2.45, 2.75) is 26.7 Å². The number of hydrogen-bond acceptors (Lipinski definition) is 3. The Kier molecular flexibility index (Phi) is 4.00. The van der Waals surface area contributed by atoms with Crippen LogP contribution >= 0.6 is 0 Å². The molecule has 0 fully saturated rings. The molecule has 0 radical (unpaired) electrons. The molecule has 0 bridgehead atoms. The molecule has 4 nitrogen and oxygen atoms in total. The summed E-state index contributed by atoms with van der Waals surface area (Å²) in [6.45, 7) is 4.11. The SMILES string of the molecule is CCCC1C(=O)N(c2ccc(C)cc2)N=C1c1cccnc1. The third-order valence-corrected chi connectivity index (χ3v) is 3.86. The summed E-state index contributed by atoms with van der Waals surface area (Å²) >= 11 is 0. The maximum atomic E-state index is 12.8. The molecule has 22 heavy (non-hydrogen) atoms. The van der Waals surface area contributed by atoms with Crippen molar-refractivity contribution in [3.63, 3.8) is 0 Å². The van der Waals surface area contributed by atoms with Crippen LogP contribution in [-0.2, 0) is 4.79 Å². The highest BCUT2D eigenvalue weighted by molar-refractivity contribution is 6.21. The van der Waals surface area contributed by atoms with Crippen LogP contribution in [0.1, 0.15) is 30.9 Å². The van der Waals surface area contributed by atoms with Gasteiger partial charge in [-0.2, -0.15) is 10.1 Å². The van der Waals surface area contributed by atoms with Crippen molar-refractivity contribution in [2.75, 3.05) is 5.01 Å². The van der Waals surface area contributed by atoms with E-state index in [1.54, 1.807) is 12.4 Å². The minimum Gasteiger partial charge on any atom is -0.272 e. The first-order chi connectivity index (χ1) is 10.7. The quantitative estimate of drug-likeness (QED) is 0.865. The standard InChI is InChI=1S/C18H19N3O/c1-3-5-16-17(14-6-4-11-19-12-14)20-21(18(16)22)15-9-7-13(2)8-10-15/h4,6-12,16H,3,5H2,1-2H3. The summed E-state index contributed by atoms with van der Waals surface area (Å²) in [6, 6.07) is 11.7. The Bertz CT molecular complexity index is 692. The Hall–Kier alpha value is -2.49. The van der Waals surface area contributed by atoms with Gasteiger partial charge in [-0.15, -0.1) is 0 Å². The molecule has 1 amide bonds. The van der Waals surface area contributed by atoms with Crippen LogP contribution < -0.4 is 5.01 Å². The van der Waals surface area contributed by atoms with E-state index < -0.39 is 0 Å². The summed E-state index contributed by atoms with van der Waals surface area (Å²) in [7, 11) is 0. The number of nitrogens with zero attached hydrogens (tertiary/aromatic N) is 3. The number of aromatic nitrogens is 1. The van der Waals surface area contributed by atoms with Gasteiger partial charge in [0, 0.05) is 18.0 Å². The number of aryl methyl sites for hydroxylation is 1. The molecule has 0 aliphatic carbocycles. The maximum absolute atomic E-state index is 12.8. The van der Waals surface area contributed by atoms with Crippen LogP contribution in [0.3, 0.4) is 0 Å². The number of pyridine rings is 1. The summed E-state index contributed by atoms with van der Waals surface area (Å²) in [5.74, 6) is -0.139. The van der Waals surface area contributed by atoms with Gasteiger partial charge in [0.1, 0.15) is 0 Å². The van der Waals surface area contributed by atoms with E-state index in [4.69, 9.17) is 0 Å². The smallest absolute Gasteiger partial charge is 0.256 e. The highest BCUT2D eigenvalue weighted by atomic mass is 16.2. The number of benzene rings is 1. The van der Waals surface area contributed by atoms with Crippen LogP contribution in [0.25, 0.3) is 0 Å². The molecular weight excluding hydrogens is 274 g/mol. The highest BCUT2D eigenvalue weighted by Gasteiger charge is 2.36. The van der Waals surface area contributed by atoms with Gasteiger partial charge in [-0.25, -0.2) is 0 Å². The summed E-state index contributed by atoms with van der Waals surface area (Å²) in [5, 5.41) is 6.13. The van der Waals surface area contributed by atoms with Crippen LogP contribution in [0.5, 0.6) is 0 Å². The molecule has 3 rings (SSSR count). The number of hydrogen-bond donors (Lipinski definition) is 0. The predicted octanol–water partition coefficient (Wildman–Crippen LogP) is 3.56. The molecule has 2 aromatic rings. The lowest BCUT2D eigenvalue weighted by Crippen LogP contribution is -2.27. The van der Waals surface area contributed by atoms with Gasteiger partial charge in [-0.1, -0.05) is 31.0 Å². The summed E-state index contributed by atoms with van der Waals surface area (Å²) in [6.07, 6.45) is 5.24. The molecule has 0 N–H and O–H groups in total. The van der Waals surface area contributed by atoms with Crippen LogP contribution in [0.2, 0.25) is 0 Å². The summed E-state index contributed by atoms with van der Waals surface area (Å²) in [5.41, 5.74) is 3.72. The maximum Gasteiger partial charge on any atom is 0.256 e. The Morgan fingerprint density at radius 3 is 2.59 bits per heavy atom. The van der Waals surface area contributed by atoms with E-state index in [0.29, 0.717) is 0 Å². The van der Waals surface area contributed by atoms with E-state index in [1.165, 1.54) is 5.01 Å². The number of anilines is 1. The molecule has 0 saturated carbocycles. The monoisotopic (exact) mass is 293 g/mol. The first-order valence-electron chi connectivity index (χ1n) is 7.60. The molecule has 1 aliphatic heterocycles. The van der Waals surface area contributed by atoms with Crippen molar-refractivity contribution in [3.05, 3.63) is 59.9 Å². The van der Waals surface area contributed by atoms with Gasteiger partial charge < -0.3 is 0 Å². The van der Waals surface area contributed by atoms with Gasteiger partial charge in [-0.3, -0.25) is 9.78 Å². The van der Waals surface area contributed by atoms with E-state index in [-0.39, 0.29) is 11.8 Å². The molecule has 1 aromatic carbocycles. The Morgan fingerprint density at radius 1 is 1.18 bits per heavy atom. The normalized spacial score (nSPS) is 17.7. The second-order valence-electron chi connectivity index (χ2n) is 5.55. The van der Waals surface area contributed by atoms with Gasteiger partial charge in [-0.05, 0) is 37.6 Å². The van der Waals surface area contributed by atoms with Crippen molar-refractivity contribution in [2.24, 2.45) is 11.0 Å². The Labute approximate surface area is 130 Å². The van der Waals surface area contributed by atoms with Crippen molar-refractivity contribution in [1.82, 2.24) is 4.98 Å². The lowest BCUT2D eigenvalue weighted by molar-refractivity contribution is -0.119. The molecular formula is C18H19N3O. The van der Waals surface area contributed by atoms with E-state index in [0.717, 1.165) is 35.4 Å². The number of amides is 1. The van der Waals surface area contributed by atoms with Crippen LogP contribution in [0.4, 0.5) is 5.69 Å². The van der Waals surface area contributed by atoms with Crippen molar-refractivity contribution < 1.29 is 4.79 Å². The summed E-state index contributed by atoms with van der Waals surface area (Å²) in [4.78, 5) is 16.9. The average Bonchev–Trinajstić information content (AvgIpc) is 2.87. The van der Waals surface area contributed by atoms with Gasteiger partial charge >= 0.3 is 0 Å². The third-order valence-electron chi connectivity index (χ3n) is 3.86. The van der Waals surface area contributed by atoms with E-state index in [9.17, 15) is 4.79 Å². The molecule has 0 saturated heterocycles. The van der Waals surface area contributed by atoms with Crippen LogP contribution in [0.15, 0.2) is 53.9 Å². The predicted molar refractivity (Wildman–Crippen MR) is 87.8 cm³/mol. The second kappa shape index (κ2) is 6.10. The molecule has 1 atom stereocenters. The van der Waals surface area contributed by atoms with Crippen molar-refractivity contribution >= 4 is 17.3 Å². The zero-order valence-corrected chi connectivity index (χ0v) is 12.9. The van der Waals surface area contributed by atoms with Crippen LogP contribution in [0, 0.1) is 12.8 Å². The minimum absolute atomic E-state index is 0.0459. The van der Waals surface area contributed by atoms with Gasteiger partial charge in [0.05, 0.1) is 17.3 Å². The molecule has 2 heterocycles. The largest absolute Gasteiger partial charge is 0.272 e. The zero-order valence-electron chi connectivity index (χ0n) is 12.9. The molecule has 0 spiro atoms. The van der Waals surface area contributed by atoms with E-state index >= 15 is 0 Å². The first kappa shape index (κ1) is 14.4. The third kappa shape index (κ3) is 2.64. The lowest BCUT2D eigenvalue weighted by Gasteiger charge is -2.14. The molecule has 1 aromatic heterocycles. The van der Waals surface area contributed by atoms with E-state index in [1.807, 2.05) is 43.3 Å². The fourth-order valence-corrected chi connectivity index (χ4v) is 2.68. The van der Waals surface area contributed by atoms with Crippen molar-refractivity contribution in [3.8, 4) is 0 Å². The zero-order chi connectivity index (χ0) is 15.5. The molecule has 4 heteroatoms. The Morgan fingerprint density at radius 2 is 1.95 bits per heavy atom. The molecule has 1 aliphatic rings. The topological polar surface area (TPSA) is 45.6 Å². The Balaban J connectivity index is 2.00. The number of hydrazone groups is 1. The van der Waals surface area contributed by atoms with Gasteiger partial charge in [0.25, 0.3) is 5.91 Å². The first-order valence-corrected chi connectivity index (χ1v) is 7.60. The minimum atomic E-state index is -0.185. The van der Waals surface area contributed by atoms with E-state index in [2.05, 4.69) is 17.0 Å². The average molecular weight is 293 g/mol. The fourth-order valence-electron chi connectivity index (χ4n) is 2.68. The highest BCUT2D eigenvalue weighted by Crippen LogP contribution is 2.29. The summed E-state index contributed by atoms with van der Waals surface area (Å²) < 4.78 is 0. The van der Waals surface area contributed by atoms with Gasteiger partial charge in [0.15, 0.2) is 0 Å². The second-order valence-corrected chi connectivity index (χ2v) is 5.55. The fraction of sp³-hybridized carbons (Fsp3) is 0.278. The number of carbonyl (C=O) groups excluding carboxylic acids is 1.